The van der Waals surface area contributed by atoms with E-state index in [-0.39, 0.29) is 11.8 Å². The number of amides is 1. The maximum atomic E-state index is 12.8. The van der Waals surface area contributed by atoms with Crippen molar-refractivity contribution in [2.75, 3.05) is 39.8 Å². The number of fused-ring (bicyclic) bond motifs is 2. The van der Waals surface area contributed by atoms with Gasteiger partial charge >= 0.3 is 0 Å². The molecule has 3 aliphatic heterocycles. The molecule has 9 unspecified atom stereocenters. The van der Waals surface area contributed by atoms with E-state index in [9.17, 15) is 4.79 Å². The lowest BCUT2D eigenvalue weighted by Crippen LogP contribution is -2.54. The van der Waals surface area contributed by atoms with Gasteiger partial charge in [0, 0.05) is 42.8 Å². The smallest absolute Gasteiger partial charge is 0.264 e. The van der Waals surface area contributed by atoms with Crippen LogP contribution in [0.3, 0.4) is 0 Å². The van der Waals surface area contributed by atoms with Crippen molar-refractivity contribution in [2.24, 2.45) is 10.9 Å². The van der Waals surface area contributed by atoms with Crippen LogP contribution < -0.4 is 16.0 Å². The molecule has 1 amide bonds. The molecular formula is C25H46N7OS+. The van der Waals surface area contributed by atoms with Crippen molar-refractivity contribution in [3.63, 3.8) is 0 Å². The first-order valence-corrected chi connectivity index (χ1v) is 14.8. The number of nitrogens with zero attached hydrogens (tertiary/aromatic N) is 4. The summed E-state index contributed by atoms with van der Waals surface area (Å²) in [4.78, 5) is 19.8. The number of nitrogens with one attached hydrogen (secondary N) is 3. The van der Waals surface area contributed by atoms with E-state index in [1.54, 1.807) is 0 Å². The summed E-state index contributed by atoms with van der Waals surface area (Å²) >= 11 is 1.94. The van der Waals surface area contributed by atoms with Gasteiger partial charge in [0.25, 0.3) is 6.29 Å². The SMILES string of the molecule is CCN(CC)CCNC(=O)C1CCCC(NC2N3CCC(NC4CCC5N=CSC5C4)[N+]23C)C1. The highest BCUT2D eigenvalue weighted by Gasteiger charge is 2.70. The predicted octanol–water partition coefficient (Wildman–Crippen LogP) is 1.94. The molecule has 192 valence electrons. The lowest BCUT2D eigenvalue weighted by Gasteiger charge is -2.34. The van der Waals surface area contributed by atoms with Crippen molar-refractivity contribution >= 4 is 23.2 Å². The van der Waals surface area contributed by atoms with Crippen LogP contribution in [0.1, 0.15) is 65.2 Å². The van der Waals surface area contributed by atoms with Crippen molar-refractivity contribution in [3.8, 4) is 0 Å². The zero-order valence-corrected chi connectivity index (χ0v) is 22.2. The van der Waals surface area contributed by atoms with E-state index in [2.05, 4.69) is 57.3 Å². The van der Waals surface area contributed by atoms with Gasteiger partial charge in [-0.1, -0.05) is 25.3 Å². The van der Waals surface area contributed by atoms with Crippen LogP contribution in [0, 0.1) is 5.92 Å². The molecule has 0 aromatic heterocycles. The minimum atomic E-state index is 0.159. The summed E-state index contributed by atoms with van der Waals surface area (Å²) < 4.78 is 0.992. The summed E-state index contributed by atoms with van der Waals surface area (Å²) in [6.07, 6.45) is 10.2. The number of thioether (sulfide) groups is 1. The fourth-order valence-electron chi connectivity index (χ4n) is 6.94. The Morgan fingerprint density at radius 1 is 1.12 bits per heavy atom. The van der Waals surface area contributed by atoms with Crippen LogP contribution in [0.2, 0.25) is 0 Å². The molecule has 0 aromatic carbocycles. The summed E-state index contributed by atoms with van der Waals surface area (Å²) in [6.45, 7) is 9.32. The molecule has 0 aromatic rings. The van der Waals surface area contributed by atoms with Gasteiger partial charge in [0.15, 0.2) is 6.17 Å². The number of hydrogen-bond acceptors (Lipinski definition) is 7. The van der Waals surface area contributed by atoms with Gasteiger partial charge in [0.2, 0.25) is 5.91 Å². The monoisotopic (exact) mass is 492 g/mol. The van der Waals surface area contributed by atoms with Crippen molar-refractivity contribution in [3.05, 3.63) is 0 Å². The van der Waals surface area contributed by atoms with Gasteiger partial charge in [0.1, 0.15) is 0 Å². The molecular weight excluding hydrogens is 446 g/mol. The number of hydrogen-bond donors (Lipinski definition) is 3. The van der Waals surface area contributed by atoms with Crippen molar-refractivity contribution in [1.82, 2.24) is 25.9 Å². The predicted molar refractivity (Wildman–Crippen MR) is 139 cm³/mol. The molecule has 0 spiro atoms. The first-order valence-electron chi connectivity index (χ1n) is 13.8. The lowest BCUT2D eigenvalue weighted by molar-refractivity contribution is -0.874. The largest absolute Gasteiger partial charge is 0.355 e. The van der Waals surface area contributed by atoms with Gasteiger partial charge in [0.05, 0.1) is 25.2 Å². The topological polar surface area (TPSA) is 71.8 Å². The Labute approximate surface area is 210 Å². The van der Waals surface area contributed by atoms with E-state index in [4.69, 9.17) is 0 Å². The Kier molecular flexibility index (Phi) is 7.87. The lowest BCUT2D eigenvalue weighted by atomic mass is 9.85. The minimum Gasteiger partial charge on any atom is -0.355 e. The third kappa shape index (κ3) is 5.06. The second-order valence-electron chi connectivity index (χ2n) is 11.2. The van der Waals surface area contributed by atoms with E-state index < -0.39 is 0 Å². The molecule has 34 heavy (non-hydrogen) atoms. The molecule has 5 rings (SSSR count). The molecule has 3 N–H and O–H groups in total. The Morgan fingerprint density at radius 2 is 1.94 bits per heavy atom. The fraction of sp³-hybridized carbons (Fsp3) is 0.920. The molecule has 4 fully saturated rings. The highest BCUT2D eigenvalue weighted by atomic mass is 32.2. The molecule has 2 saturated carbocycles. The van der Waals surface area contributed by atoms with E-state index in [0.717, 1.165) is 56.6 Å². The van der Waals surface area contributed by atoms with Crippen LogP contribution in [0.25, 0.3) is 0 Å². The minimum absolute atomic E-state index is 0.159. The molecule has 8 nitrogen and oxygen atoms in total. The number of carbonyl (C=O) groups is 1. The van der Waals surface area contributed by atoms with Gasteiger partial charge in [-0.2, -0.15) is 4.59 Å². The summed E-state index contributed by atoms with van der Waals surface area (Å²) in [7, 11) is 2.39. The molecule has 9 heteroatoms. The number of quaternary nitrogens is 1. The normalized spacial score (nSPS) is 43.1. The third-order valence-corrected chi connectivity index (χ3v) is 10.4. The van der Waals surface area contributed by atoms with Gasteiger partial charge in [-0.05, 0) is 51.6 Å². The third-order valence-electron chi connectivity index (χ3n) is 9.26. The quantitative estimate of drug-likeness (QED) is 0.320. The summed E-state index contributed by atoms with van der Waals surface area (Å²) in [5.74, 6) is 0.423. The molecule has 3 heterocycles. The van der Waals surface area contributed by atoms with Gasteiger partial charge in [-0.15, -0.1) is 11.8 Å². The van der Waals surface area contributed by atoms with Gasteiger partial charge in [-0.3, -0.25) is 15.1 Å². The van der Waals surface area contributed by atoms with Crippen LogP contribution in [0.15, 0.2) is 4.99 Å². The van der Waals surface area contributed by atoms with Crippen LogP contribution in [-0.2, 0) is 4.79 Å². The number of carbonyl (C=O) groups excluding carboxylic acids is 1. The van der Waals surface area contributed by atoms with Crippen molar-refractivity contribution in [2.45, 2.75) is 101 Å². The van der Waals surface area contributed by atoms with Gasteiger partial charge < -0.3 is 10.2 Å². The first-order chi connectivity index (χ1) is 16.5. The second kappa shape index (κ2) is 10.7. The number of rotatable bonds is 10. The average Bonchev–Trinajstić information content (AvgIpc) is 3.15. The Bertz CT molecular complexity index is 749. The maximum absolute atomic E-state index is 12.8. The van der Waals surface area contributed by atoms with Crippen molar-refractivity contribution < 1.29 is 9.39 Å². The standard InChI is InChI=1S/C25H45N7OS/c1-4-30(5-2)14-12-26-24(33)18-7-6-8-19(15-18)29-25-31-13-11-23(32(25,31)3)28-20-9-10-21-22(16-20)34-17-27-21/h17-23,25,28-29H,4-16H2,1-3H3/p+1. The van der Waals surface area contributed by atoms with Crippen LogP contribution in [0.5, 0.6) is 0 Å². The summed E-state index contributed by atoms with van der Waals surface area (Å²) in [6, 6.07) is 1.63. The van der Waals surface area contributed by atoms with Crippen LogP contribution in [0.4, 0.5) is 0 Å². The van der Waals surface area contributed by atoms with E-state index in [1.165, 1.54) is 32.1 Å². The second-order valence-corrected chi connectivity index (χ2v) is 12.2. The zero-order valence-electron chi connectivity index (χ0n) is 21.4. The fourth-order valence-corrected chi connectivity index (χ4v) is 8.06. The molecule has 0 radical (unpaired) electrons. The Hall–Kier alpha value is -0.710. The van der Waals surface area contributed by atoms with E-state index >= 15 is 0 Å². The summed E-state index contributed by atoms with van der Waals surface area (Å²) in [5.41, 5.74) is 2.08. The van der Waals surface area contributed by atoms with Gasteiger partial charge in [-0.25, -0.2) is 5.32 Å². The molecule has 2 saturated heterocycles. The highest BCUT2D eigenvalue weighted by Crippen LogP contribution is 2.45. The molecule has 9 atom stereocenters. The maximum Gasteiger partial charge on any atom is 0.264 e. The summed E-state index contributed by atoms with van der Waals surface area (Å²) in [5, 5.41) is 14.5. The van der Waals surface area contributed by atoms with Crippen LogP contribution >= 0.6 is 11.8 Å². The number of likely N-dealkylation sites (N-methyl/N-ethyl adjacent to an activating group) is 1. The Morgan fingerprint density at radius 3 is 2.76 bits per heavy atom. The van der Waals surface area contributed by atoms with E-state index in [1.807, 2.05) is 11.8 Å². The zero-order chi connectivity index (χ0) is 23.7. The highest BCUT2D eigenvalue weighted by molar-refractivity contribution is 8.12. The first kappa shape index (κ1) is 25.0. The molecule has 2 aliphatic carbocycles. The molecule has 5 aliphatic rings. The van der Waals surface area contributed by atoms with Crippen LogP contribution in [-0.4, -0.2) is 102 Å². The Balaban J connectivity index is 1.07. The average molecular weight is 493 g/mol. The van der Waals surface area contributed by atoms with E-state index in [0.29, 0.717) is 35.8 Å². The van der Waals surface area contributed by atoms with Crippen molar-refractivity contribution in [1.29, 1.82) is 0 Å². The number of aliphatic imine (C=N–C) groups is 1. The molecule has 0 bridgehead atoms.